The number of hydrogen-bond donors (Lipinski definition) is 2. The Morgan fingerprint density at radius 1 is 1.03 bits per heavy atom. The van der Waals surface area contributed by atoms with Crippen LogP contribution in [0.4, 0.5) is 26.3 Å². The number of carboxylic acid groups (broad SMARTS) is 2. The Morgan fingerprint density at radius 2 is 1.61 bits per heavy atom. The lowest BCUT2D eigenvalue weighted by molar-refractivity contribution is -0.193. The lowest BCUT2D eigenvalue weighted by Gasteiger charge is -2.31. The van der Waals surface area contributed by atoms with Gasteiger partial charge < -0.3 is 14.9 Å². The van der Waals surface area contributed by atoms with Crippen molar-refractivity contribution in [2.45, 2.75) is 38.8 Å². The third kappa shape index (κ3) is 10.8. The predicted octanol–water partition coefficient (Wildman–Crippen LogP) is 3.90. The van der Waals surface area contributed by atoms with E-state index in [-0.39, 0.29) is 5.41 Å². The Hall–Kier alpha value is -2.34. The van der Waals surface area contributed by atoms with Crippen LogP contribution in [-0.2, 0) is 27.4 Å². The molecule has 2 aliphatic rings. The van der Waals surface area contributed by atoms with Crippen molar-refractivity contribution >= 4 is 34.6 Å². The molecule has 38 heavy (non-hydrogen) atoms. The molecule has 0 amide bonds. The van der Waals surface area contributed by atoms with Crippen LogP contribution in [0.3, 0.4) is 0 Å². The van der Waals surface area contributed by atoms with E-state index >= 15 is 0 Å². The van der Waals surface area contributed by atoms with Crippen molar-refractivity contribution in [3.05, 3.63) is 32.7 Å². The van der Waals surface area contributed by atoms with Gasteiger partial charge in [-0.15, -0.1) is 22.7 Å². The van der Waals surface area contributed by atoms with Gasteiger partial charge in [0.1, 0.15) is 5.01 Å². The van der Waals surface area contributed by atoms with Crippen molar-refractivity contribution in [1.82, 2.24) is 19.8 Å². The number of carboxylic acids is 2. The molecular formula is C21H26F6N4O5S2. The van der Waals surface area contributed by atoms with Crippen molar-refractivity contribution in [3.8, 4) is 0 Å². The number of ether oxygens (including phenoxy) is 1. The lowest BCUT2D eigenvalue weighted by atomic mass is 9.87. The molecule has 2 aromatic heterocycles. The molecular weight excluding hydrogens is 566 g/mol. The second-order valence-corrected chi connectivity index (χ2v) is 10.7. The fourth-order valence-corrected chi connectivity index (χ4v) is 5.12. The molecule has 4 heterocycles. The van der Waals surface area contributed by atoms with Crippen LogP contribution in [0.5, 0.6) is 0 Å². The first-order valence-electron chi connectivity index (χ1n) is 11.0. The van der Waals surface area contributed by atoms with Crippen LogP contribution in [-0.4, -0.2) is 93.7 Å². The van der Waals surface area contributed by atoms with E-state index in [1.807, 2.05) is 6.20 Å². The van der Waals surface area contributed by atoms with Crippen molar-refractivity contribution < 1.29 is 50.9 Å². The van der Waals surface area contributed by atoms with Gasteiger partial charge in [0.05, 0.1) is 30.5 Å². The van der Waals surface area contributed by atoms with E-state index in [2.05, 4.69) is 37.5 Å². The molecule has 0 saturated carbocycles. The number of carbonyl (C=O) groups is 2. The maximum atomic E-state index is 10.6. The van der Waals surface area contributed by atoms with Crippen LogP contribution >= 0.6 is 22.7 Å². The first kappa shape index (κ1) is 31.9. The number of aromatic nitrogens is 2. The zero-order chi connectivity index (χ0) is 28.6. The minimum absolute atomic E-state index is 0.263. The number of thiazole rings is 2. The van der Waals surface area contributed by atoms with Crippen molar-refractivity contribution in [2.24, 2.45) is 5.41 Å². The number of alkyl halides is 6. The van der Waals surface area contributed by atoms with Crippen LogP contribution in [0.2, 0.25) is 0 Å². The molecule has 1 unspecified atom stereocenters. The summed E-state index contributed by atoms with van der Waals surface area (Å²) < 4.78 is 69.5. The fourth-order valence-electron chi connectivity index (χ4n) is 3.86. The lowest BCUT2D eigenvalue weighted by Crippen LogP contribution is -2.40. The van der Waals surface area contributed by atoms with Gasteiger partial charge in [-0.2, -0.15) is 26.3 Å². The normalized spacial score (nSPS) is 20.7. The van der Waals surface area contributed by atoms with Gasteiger partial charge in [-0.1, -0.05) is 0 Å². The number of likely N-dealkylation sites (tertiary alicyclic amines) is 1. The highest BCUT2D eigenvalue weighted by atomic mass is 32.1. The minimum atomic E-state index is -5.08. The van der Waals surface area contributed by atoms with Crippen LogP contribution in [0.25, 0.3) is 0 Å². The van der Waals surface area contributed by atoms with E-state index in [1.165, 1.54) is 17.1 Å². The molecule has 17 heteroatoms. The van der Waals surface area contributed by atoms with Gasteiger partial charge >= 0.3 is 24.3 Å². The molecule has 0 aliphatic carbocycles. The van der Waals surface area contributed by atoms with E-state index in [1.54, 1.807) is 22.7 Å². The summed E-state index contributed by atoms with van der Waals surface area (Å²) in [6.45, 7) is 10.1. The van der Waals surface area contributed by atoms with Gasteiger partial charge in [0.25, 0.3) is 0 Å². The van der Waals surface area contributed by atoms with E-state index in [4.69, 9.17) is 24.5 Å². The first-order chi connectivity index (χ1) is 17.6. The topological polar surface area (TPSA) is 116 Å². The molecule has 2 fully saturated rings. The number of nitrogens with zero attached hydrogens (tertiary/aromatic N) is 4. The Labute approximate surface area is 221 Å². The molecule has 4 rings (SSSR count). The number of halogens is 6. The molecule has 0 aromatic carbocycles. The average Bonchev–Trinajstić information content (AvgIpc) is 3.51. The highest BCUT2D eigenvalue weighted by Crippen LogP contribution is 2.34. The average molecular weight is 593 g/mol. The van der Waals surface area contributed by atoms with E-state index in [0.717, 1.165) is 57.5 Å². The Balaban J connectivity index is 0.000000301. The summed E-state index contributed by atoms with van der Waals surface area (Å²) in [5.41, 5.74) is 1.46. The predicted molar refractivity (Wildman–Crippen MR) is 125 cm³/mol. The van der Waals surface area contributed by atoms with Gasteiger partial charge in [-0.3, -0.25) is 9.80 Å². The maximum absolute atomic E-state index is 10.6. The van der Waals surface area contributed by atoms with Crippen molar-refractivity contribution in [1.29, 1.82) is 0 Å². The molecule has 2 saturated heterocycles. The van der Waals surface area contributed by atoms with Gasteiger partial charge in [0.15, 0.2) is 0 Å². The zero-order valence-corrected chi connectivity index (χ0v) is 21.7. The molecule has 1 atom stereocenters. The summed E-state index contributed by atoms with van der Waals surface area (Å²) in [7, 11) is 0. The fraction of sp³-hybridized carbons (Fsp3) is 0.619. The molecule has 0 bridgehead atoms. The Bertz CT molecular complexity index is 1010. The number of rotatable bonds is 4. The third-order valence-corrected chi connectivity index (χ3v) is 7.00. The molecule has 2 aliphatic heterocycles. The maximum Gasteiger partial charge on any atom is 0.490 e. The highest BCUT2D eigenvalue weighted by Gasteiger charge is 2.41. The van der Waals surface area contributed by atoms with Crippen molar-refractivity contribution in [3.63, 3.8) is 0 Å². The van der Waals surface area contributed by atoms with E-state index < -0.39 is 24.3 Å². The van der Waals surface area contributed by atoms with Gasteiger partial charge in [0.2, 0.25) is 0 Å². The molecule has 0 radical (unpaired) electrons. The summed E-state index contributed by atoms with van der Waals surface area (Å²) in [6.07, 6.45) is -7.05. The second-order valence-electron chi connectivity index (χ2n) is 8.61. The first-order valence-corrected chi connectivity index (χ1v) is 12.8. The quantitative estimate of drug-likeness (QED) is 0.510. The van der Waals surface area contributed by atoms with Gasteiger partial charge in [0, 0.05) is 48.6 Å². The SMILES string of the molecule is Cc1nc(CN2CCOCC3(CCN(Cc4nccs4)C3)C2)cs1.O=C(O)C(F)(F)F.O=C(O)C(F)(F)F. The van der Waals surface area contributed by atoms with E-state index in [0.29, 0.717) is 0 Å². The molecule has 1 spiro atoms. The van der Waals surface area contributed by atoms with Crippen LogP contribution in [0.1, 0.15) is 22.1 Å². The van der Waals surface area contributed by atoms with Gasteiger partial charge in [-0.25, -0.2) is 19.6 Å². The highest BCUT2D eigenvalue weighted by molar-refractivity contribution is 7.09. The molecule has 2 N–H and O–H groups in total. The molecule has 2 aromatic rings. The third-order valence-electron chi connectivity index (χ3n) is 5.42. The molecule has 9 nitrogen and oxygen atoms in total. The minimum Gasteiger partial charge on any atom is -0.475 e. The van der Waals surface area contributed by atoms with Crippen LogP contribution in [0, 0.1) is 12.3 Å². The largest absolute Gasteiger partial charge is 0.490 e. The van der Waals surface area contributed by atoms with Crippen molar-refractivity contribution in [2.75, 3.05) is 39.4 Å². The summed E-state index contributed by atoms with van der Waals surface area (Å²) >= 11 is 3.49. The Morgan fingerprint density at radius 3 is 2.08 bits per heavy atom. The smallest absolute Gasteiger partial charge is 0.475 e. The number of hydrogen-bond acceptors (Lipinski definition) is 9. The Kier molecular flexibility index (Phi) is 11.4. The van der Waals surface area contributed by atoms with Gasteiger partial charge in [-0.05, 0) is 19.9 Å². The second kappa shape index (κ2) is 13.6. The zero-order valence-electron chi connectivity index (χ0n) is 20.1. The summed E-state index contributed by atoms with van der Waals surface area (Å²) in [5.74, 6) is -5.51. The summed E-state index contributed by atoms with van der Waals surface area (Å²) in [4.78, 5) is 31.9. The van der Waals surface area contributed by atoms with Crippen LogP contribution in [0.15, 0.2) is 17.0 Å². The molecule has 214 valence electrons. The summed E-state index contributed by atoms with van der Waals surface area (Å²) in [5, 5.41) is 20.9. The van der Waals surface area contributed by atoms with Crippen LogP contribution < -0.4 is 0 Å². The number of aryl methyl sites for hydroxylation is 1. The summed E-state index contributed by atoms with van der Waals surface area (Å²) in [6, 6.07) is 0. The standard InChI is InChI=1S/C17H24N4OS2.2C2HF3O2/c1-14-19-15(10-24-14)8-21-5-6-22-13-17(12-21)2-4-20(11-17)9-16-18-3-7-23-16;2*3-2(4,5)1(6)7/h3,7,10H,2,4-6,8-9,11-13H2,1H3;2*(H,6,7). The monoisotopic (exact) mass is 592 g/mol. The number of aliphatic carboxylic acids is 2. The van der Waals surface area contributed by atoms with E-state index in [9.17, 15) is 26.3 Å².